The Hall–Kier alpha value is -0.585. The van der Waals surface area contributed by atoms with Crippen molar-refractivity contribution in [2.24, 2.45) is 5.73 Å². The molecular formula is C9H21BN2O3. The molecule has 5 nitrogen and oxygen atoms in total. The third-order valence-corrected chi connectivity index (χ3v) is 2.33. The van der Waals surface area contributed by atoms with Crippen LogP contribution in [0.1, 0.15) is 39.5 Å². The minimum Gasteiger partial charge on any atom is -0.426 e. The van der Waals surface area contributed by atoms with Gasteiger partial charge in [0, 0.05) is 0 Å². The highest BCUT2D eigenvalue weighted by Gasteiger charge is 2.25. The van der Waals surface area contributed by atoms with Crippen molar-refractivity contribution in [1.82, 2.24) is 5.32 Å². The molecule has 0 bridgehead atoms. The van der Waals surface area contributed by atoms with E-state index in [9.17, 15) is 4.79 Å². The van der Waals surface area contributed by atoms with Crippen LogP contribution in [0.2, 0.25) is 0 Å². The highest BCUT2D eigenvalue weighted by molar-refractivity contribution is 6.43. The van der Waals surface area contributed by atoms with Crippen LogP contribution < -0.4 is 11.1 Å². The Bertz CT molecular complexity index is 190. The second-order valence-corrected chi connectivity index (χ2v) is 3.69. The van der Waals surface area contributed by atoms with Gasteiger partial charge in [-0.3, -0.25) is 4.79 Å². The summed E-state index contributed by atoms with van der Waals surface area (Å²) in [5.41, 5.74) is 5.52. The maximum atomic E-state index is 11.4. The number of hydrogen-bond donors (Lipinski definition) is 4. The first kappa shape index (κ1) is 14.4. The van der Waals surface area contributed by atoms with Crippen LogP contribution in [-0.2, 0) is 4.79 Å². The summed E-state index contributed by atoms with van der Waals surface area (Å²) in [5.74, 6) is -0.943. The lowest BCUT2D eigenvalue weighted by atomic mass is 9.76. The molecule has 15 heavy (non-hydrogen) atoms. The fourth-order valence-electron chi connectivity index (χ4n) is 1.19. The number of hydrogen-bond acceptors (Lipinski definition) is 4. The molecule has 0 aromatic carbocycles. The summed E-state index contributed by atoms with van der Waals surface area (Å²) in [6, 6.07) is -0.576. The van der Waals surface area contributed by atoms with E-state index >= 15 is 0 Å². The molecule has 1 amide bonds. The van der Waals surface area contributed by atoms with Crippen LogP contribution in [0, 0.1) is 0 Å². The van der Waals surface area contributed by atoms with Gasteiger partial charge in [0.25, 0.3) is 0 Å². The van der Waals surface area contributed by atoms with Crippen LogP contribution in [0.15, 0.2) is 0 Å². The molecule has 88 valence electrons. The smallest absolute Gasteiger partial charge is 0.426 e. The third-order valence-electron chi connectivity index (χ3n) is 2.33. The summed E-state index contributed by atoms with van der Waals surface area (Å²) in [4.78, 5) is 11.4. The number of nitrogens with two attached hydrogens (primary N) is 1. The second-order valence-electron chi connectivity index (χ2n) is 3.69. The van der Waals surface area contributed by atoms with Crippen molar-refractivity contribution in [2.75, 3.05) is 0 Å². The molecule has 0 saturated carbocycles. The minimum atomic E-state index is -1.52. The standard InChI is InChI=1S/C9H21BN2O3/c1-3-5-6-8(10(14)15)12-9(13)7(11)4-2/h7-8,14-15H,3-6,11H2,1-2H3,(H,12,13)/t7-,8+/m0/s1. The lowest BCUT2D eigenvalue weighted by Gasteiger charge is -2.19. The summed E-state index contributed by atoms with van der Waals surface area (Å²) in [7, 11) is -1.52. The van der Waals surface area contributed by atoms with E-state index in [1.54, 1.807) is 6.92 Å². The molecule has 0 aromatic rings. The first-order chi connectivity index (χ1) is 7.02. The lowest BCUT2D eigenvalue weighted by Crippen LogP contribution is -2.51. The fraction of sp³-hybridized carbons (Fsp3) is 0.889. The van der Waals surface area contributed by atoms with E-state index < -0.39 is 19.1 Å². The molecule has 0 aromatic heterocycles. The highest BCUT2D eigenvalue weighted by atomic mass is 16.4. The van der Waals surface area contributed by atoms with Gasteiger partial charge in [-0.25, -0.2) is 0 Å². The van der Waals surface area contributed by atoms with E-state index in [0.717, 1.165) is 12.8 Å². The zero-order valence-corrected chi connectivity index (χ0v) is 9.44. The van der Waals surface area contributed by atoms with E-state index in [1.807, 2.05) is 6.92 Å². The Kier molecular flexibility index (Phi) is 7.37. The average Bonchev–Trinajstić information content (AvgIpc) is 2.22. The van der Waals surface area contributed by atoms with Crippen molar-refractivity contribution in [3.63, 3.8) is 0 Å². The van der Waals surface area contributed by atoms with Crippen LogP contribution in [-0.4, -0.2) is 35.1 Å². The molecule has 0 saturated heterocycles. The Morgan fingerprint density at radius 2 is 2.07 bits per heavy atom. The third kappa shape index (κ3) is 5.76. The molecule has 0 radical (unpaired) electrons. The van der Waals surface area contributed by atoms with Gasteiger partial charge in [0.05, 0.1) is 12.0 Å². The Morgan fingerprint density at radius 1 is 1.47 bits per heavy atom. The van der Waals surface area contributed by atoms with E-state index in [2.05, 4.69) is 5.32 Å². The number of rotatable bonds is 7. The van der Waals surface area contributed by atoms with Crippen molar-refractivity contribution >= 4 is 13.0 Å². The van der Waals surface area contributed by atoms with Gasteiger partial charge in [-0.2, -0.15) is 0 Å². The molecule has 0 aliphatic carbocycles. The van der Waals surface area contributed by atoms with Gasteiger partial charge in [0.15, 0.2) is 0 Å². The van der Waals surface area contributed by atoms with E-state index in [-0.39, 0.29) is 5.91 Å². The number of unbranched alkanes of at least 4 members (excludes halogenated alkanes) is 1. The van der Waals surface area contributed by atoms with Crippen LogP contribution in [0.5, 0.6) is 0 Å². The maximum Gasteiger partial charge on any atom is 0.475 e. The van der Waals surface area contributed by atoms with E-state index in [0.29, 0.717) is 12.8 Å². The molecule has 0 rings (SSSR count). The van der Waals surface area contributed by atoms with Gasteiger partial charge in [-0.05, 0) is 12.8 Å². The molecule has 0 aliphatic rings. The SMILES string of the molecule is CCCC[C@@H](NC(=O)[C@@H](N)CC)B(O)O. The lowest BCUT2D eigenvalue weighted by molar-refractivity contribution is -0.122. The van der Waals surface area contributed by atoms with Gasteiger partial charge >= 0.3 is 7.12 Å². The van der Waals surface area contributed by atoms with Crippen LogP contribution in [0.4, 0.5) is 0 Å². The van der Waals surface area contributed by atoms with Gasteiger partial charge < -0.3 is 21.1 Å². The topological polar surface area (TPSA) is 95.6 Å². The molecule has 0 aliphatic heterocycles. The van der Waals surface area contributed by atoms with Gasteiger partial charge in [0.2, 0.25) is 5.91 Å². The molecule has 0 unspecified atom stereocenters. The van der Waals surface area contributed by atoms with Crippen LogP contribution in [0.25, 0.3) is 0 Å². The maximum absolute atomic E-state index is 11.4. The first-order valence-corrected chi connectivity index (χ1v) is 5.45. The minimum absolute atomic E-state index is 0.327. The summed E-state index contributed by atoms with van der Waals surface area (Å²) >= 11 is 0. The molecular weight excluding hydrogens is 195 g/mol. The van der Waals surface area contributed by atoms with Crippen molar-refractivity contribution in [3.05, 3.63) is 0 Å². The molecule has 0 fully saturated rings. The van der Waals surface area contributed by atoms with Gasteiger partial charge in [-0.15, -0.1) is 0 Å². The number of nitrogens with one attached hydrogen (secondary N) is 1. The Labute approximate surface area is 91.2 Å². The zero-order valence-electron chi connectivity index (χ0n) is 9.44. The largest absolute Gasteiger partial charge is 0.475 e. The van der Waals surface area contributed by atoms with E-state index in [1.165, 1.54) is 0 Å². The monoisotopic (exact) mass is 216 g/mol. The molecule has 5 N–H and O–H groups in total. The summed E-state index contributed by atoms with van der Waals surface area (Å²) in [6.45, 7) is 3.81. The number of carbonyl (C=O) groups is 1. The van der Waals surface area contributed by atoms with Crippen LogP contribution >= 0.6 is 0 Å². The van der Waals surface area contributed by atoms with Crippen molar-refractivity contribution in [1.29, 1.82) is 0 Å². The van der Waals surface area contributed by atoms with Crippen molar-refractivity contribution in [2.45, 2.75) is 51.5 Å². The molecule has 0 heterocycles. The average molecular weight is 216 g/mol. The Morgan fingerprint density at radius 3 is 2.47 bits per heavy atom. The first-order valence-electron chi connectivity index (χ1n) is 5.45. The van der Waals surface area contributed by atoms with Gasteiger partial charge in [0.1, 0.15) is 0 Å². The number of carbonyl (C=O) groups excluding carboxylic acids is 1. The summed E-state index contributed by atoms with van der Waals surface area (Å²) in [6.07, 6.45) is 2.87. The van der Waals surface area contributed by atoms with Gasteiger partial charge in [-0.1, -0.05) is 26.7 Å². The van der Waals surface area contributed by atoms with E-state index in [4.69, 9.17) is 15.8 Å². The summed E-state index contributed by atoms with van der Waals surface area (Å²) < 4.78 is 0. The van der Waals surface area contributed by atoms with Crippen LogP contribution in [0.3, 0.4) is 0 Å². The molecule has 6 heteroatoms. The zero-order chi connectivity index (χ0) is 11.8. The second kappa shape index (κ2) is 7.67. The molecule has 0 spiro atoms. The highest BCUT2D eigenvalue weighted by Crippen LogP contribution is 2.02. The summed E-state index contributed by atoms with van der Waals surface area (Å²) in [5, 5.41) is 20.6. The number of amides is 1. The normalized spacial score (nSPS) is 14.5. The van der Waals surface area contributed by atoms with Crippen molar-refractivity contribution in [3.8, 4) is 0 Å². The fourth-order valence-corrected chi connectivity index (χ4v) is 1.19. The van der Waals surface area contributed by atoms with Crippen molar-refractivity contribution < 1.29 is 14.8 Å². The Balaban J connectivity index is 4.09. The predicted octanol–water partition coefficient (Wildman–Crippen LogP) is -0.589. The predicted molar refractivity (Wildman–Crippen MR) is 59.9 cm³/mol. The molecule has 2 atom stereocenters. The quantitative estimate of drug-likeness (QED) is 0.428.